The molecule has 1 atom stereocenters. The normalized spacial score (nSPS) is 16.9. The number of ether oxygens (including phenoxy) is 1. The van der Waals surface area contributed by atoms with E-state index in [1.165, 1.54) is 11.3 Å². The van der Waals surface area contributed by atoms with Gasteiger partial charge in [-0.05, 0) is 49.9 Å². The van der Waals surface area contributed by atoms with Crippen LogP contribution < -0.4 is 15.4 Å². The van der Waals surface area contributed by atoms with Crippen molar-refractivity contribution in [2.75, 3.05) is 14.2 Å². The molecule has 2 aromatic rings. The fourth-order valence-corrected chi connectivity index (χ4v) is 3.32. The summed E-state index contributed by atoms with van der Waals surface area (Å²) in [5.74, 6) is 1.36. The molecule has 0 amide bonds. The first-order valence-corrected chi connectivity index (χ1v) is 9.40. The van der Waals surface area contributed by atoms with Crippen LogP contribution in [0.2, 0.25) is 0 Å². The first-order valence-electron chi connectivity index (χ1n) is 9.40. The standard InChI is InChI=1S/C20H29N5O2/c1-13(2)25-12-15-6-7-16(10-17(15)24-25)23-20(21-3)22-11-14-5-8-19(27-4)18(26)9-14/h5,8-9,12-13,16,26H,6-7,10-11H2,1-4H3,(H2,21,22,23). The highest BCUT2D eigenvalue weighted by Crippen LogP contribution is 2.26. The highest BCUT2D eigenvalue weighted by atomic mass is 16.5. The number of hydrogen-bond acceptors (Lipinski definition) is 4. The largest absolute Gasteiger partial charge is 0.504 e. The quantitative estimate of drug-likeness (QED) is 0.555. The second-order valence-corrected chi connectivity index (χ2v) is 7.19. The van der Waals surface area contributed by atoms with Crippen LogP contribution in [0.4, 0.5) is 0 Å². The van der Waals surface area contributed by atoms with Crippen LogP contribution in [-0.4, -0.2) is 41.0 Å². The average Bonchev–Trinajstić information content (AvgIpc) is 3.09. The van der Waals surface area contributed by atoms with Gasteiger partial charge < -0.3 is 20.5 Å². The molecule has 1 aliphatic rings. The van der Waals surface area contributed by atoms with Gasteiger partial charge in [0.05, 0.1) is 12.8 Å². The van der Waals surface area contributed by atoms with Gasteiger partial charge in [-0.3, -0.25) is 9.67 Å². The number of phenols is 1. The van der Waals surface area contributed by atoms with Crippen LogP contribution in [0, 0.1) is 0 Å². The van der Waals surface area contributed by atoms with Crippen molar-refractivity contribution >= 4 is 5.96 Å². The molecule has 1 aromatic heterocycles. The zero-order valence-corrected chi connectivity index (χ0v) is 16.5. The van der Waals surface area contributed by atoms with Crippen LogP contribution in [-0.2, 0) is 19.4 Å². The molecule has 0 aliphatic heterocycles. The first kappa shape index (κ1) is 19.1. The number of aromatic nitrogens is 2. The molecule has 0 saturated heterocycles. The predicted molar refractivity (Wildman–Crippen MR) is 106 cm³/mol. The molecule has 0 saturated carbocycles. The van der Waals surface area contributed by atoms with Crippen molar-refractivity contribution in [2.24, 2.45) is 4.99 Å². The lowest BCUT2D eigenvalue weighted by molar-refractivity contribution is 0.373. The molecular weight excluding hydrogens is 342 g/mol. The van der Waals surface area contributed by atoms with Crippen molar-refractivity contribution in [3.63, 3.8) is 0 Å². The summed E-state index contributed by atoms with van der Waals surface area (Å²) in [6, 6.07) is 6.08. The number of phenolic OH excluding ortho intramolecular Hbond substituents is 1. The van der Waals surface area contributed by atoms with Crippen LogP contribution in [0.1, 0.15) is 43.1 Å². The summed E-state index contributed by atoms with van der Waals surface area (Å²) in [4.78, 5) is 4.32. The molecule has 0 fully saturated rings. The van der Waals surface area contributed by atoms with Crippen molar-refractivity contribution in [1.82, 2.24) is 20.4 Å². The summed E-state index contributed by atoms with van der Waals surface area (Å²) in [6.45, 7) is 4.87. The van der Waals surface area contributed by atoms with Gasteiger partial charge in [-0.2, -0.15) is 5.10 Å². The number of nitrogens with zero attached hydrogens (tertiary/aromatic N) is 3. The van der Waals surface area contributed by atoms with Crippen molar-refractivity contribution in [1.29, 1.82) is 0 Å². The number of aliphatic imine (C=N–C) groups is 1. The van der Waals surface area contributed by atoms with E-state index in [9.17, 15) is 5.11 Å². The summed E-state index contributed by atoms with van der Waals surface area (Å²) in [6.07, 6.45) is 5.17. The SMILES string of the molecule is CN=C(NCc1ccc(OC)c(O)c1)NC1CCc2cn(C(C)C)nc2C1. The number of guanidine groups is 1. The number of hydrogen-bond donors (Lipinski definition) is 3. The van der Waals surface area contributed by atoms with E-state index >= 15 is 0 Å². The third-order valence-electron chi connectivity index (χ3n) is 4.89. The van der Waals surface area contributed by atoms with Crippen molar-refractivity contribution in [2.45, 2.75) is 51.7 Å². The van der Waals surface area contributed by atoms with Crippen LogP contribution in [0.15, 0.2) is 29.4 Å². The number of nitrogens with one attached hydrogen (secondary N) is 2. The van der Waals surface area contributed by atoms with Crippen LogP contribution in [0.3, 0.4) is 0 Å². The number of benzene rings is 1. The molecule has 1 unspecified atom stereocenters. The molecule has 7 heteroatoms. The summed E-state index contributed by atoms with van der Waals surface area (Å²) >= 11 is 0. The molecular formula is C20H29N5O2. The number of aryl methyl sites for hydroxylation is 1. The van der Waals surface area contributed by atoms with Gasteiger partial charge in [-0.15, -0.1) is 0 Å². The zero-order chi connectivity index (χ0) is 19.4. The van der Waals surface area contributed by atoms with Gasteiger partial charge >= 0.3 is 0 Å². The van der Waals surface area contributed by atoms with Gasteiger partial charge in [-0.1, -0.05) is 6.07 Å². The smallest absolute Gasteiger partial charge is 0.191 e. The van der Waals surface area contributed by atoms with Gasteiger partial charge in [0.1, 0.15) is 0 Å². The second-order valence-electron chi connectivity index (χ2n) is 7.19. The topological polar surface area (TPSA) is 83.7 Å². The fourth-order valence-electron chi connectivity index (χ4n) is 3.32. The molecule has 1 aliphatic carbocycles. The van der Waals surface area contributed by atoms with Crippen LogP contribution in [0.5, 0.6) is 11.5 Å². The summed E-state index contributed by atoms with van der Waals surface area (Å²) in [5.41, 5.74) is 3.50. The zero-order valence-electron chi connectivity index (χ0n) is 16.5. The van der Waals surface area contributed by atoms with E-state index in [0.717, 1.165) is 30.8 Å². The van der Waals surface area contributed by atoms with E-state index in [1.807, 2.05) is 6.07 Å². The Morgan fingerprint density at radius 2 is 2.26 bits per heavy atom. The van der Waals surface area contributed by atoms with Crippen molar-refractivity contribution < 1.29 is 9.84 Å². The summed E-state index contributed by atoms with van der Waals surface area (Å²) < 4.78 is 7.13. The third kappa shape index (κ3) is 4.53. The Kier molecular flexibility index (Phi) is 5.88. The van der Waals surface area contributed by atoms with Crippen molar-refractivity contribution in [3.8, 4) is 11.5 Å². The molecule has 0 spiro atoms. The molecule has 1 heterocycles. The van der Waals surface area contributed by atoms with Crippen LogP contribution >= 0.6 is 0 Å². The minimum atomic E-state index is 0.139. The van der Waals surface area contributed by atoms with Crippen LogP contribution in [0.25, 0.3) is 0 Å². The lowest BCUT2D eigenvalue weighted by Gasteiger charge is -2.24. The van der Waals surface area contributed by atoms with E-state index in [-0.39, 0.29) is 5.75 Å². The van der Waals surface area contributed by atoms with Gasteiger partial charge in [0.15, 0.2) is 17.5 Å². The lowest BCUT2D eigenvalue weighted by atomic mass is 9.94. The van der Waals surface area contributed by atoms with E-state index in [0.29, 0.717) is 24.4 Å². The van der Waals surface area contributed by atoms with E-state index < -0.39 is 0 Å². The minimum absolute atomic E-state index is 0.139. The highest BCUT2D eigenvalue weighted by Gasteiger charge is 2.23. The second kappa shape index (κ2) is 8.33. The third-order valence-corrected chi connectivity index (χ3v) is 4.89. The number of methoxy groups -OCH3 is 1. The number of fused-ring (bicyclic) bond motifs is 1. The predicted octanol–water partition coefficient (Wildman–Crippen LogP) is 2.40. The van der Waals surface area contributed by atoms with Gasteiger partial charge in [0.2, 0.25) is 0 Å². The number of rotatable bonds is 5. The summed E-state index contributed by atoms with van der Waals surface area (Å²) in [7, 11) is 3.31. The van der Waals surface area contributed by atoms with Gasteiger partial charge in [-0.25, -0.2) is 0 Å². The molecule has 0 bridgehead atoms. The molecule has 7 nitrogen and oxygen atoms in total. The molecule has 3 rings (SSSR count). The maximum atomic E-state index is 9.90. The Bertz CT molecular complexity index is 813. The Labute approximate surface area is 160 Å². The Hall–Kier alpha value is -2.70. The molecule has 0 radical (unpaired) electrons. The maximum absolute atomic E-state index is 9.90. The van der Waals surface area contributed by atoms with E-state index in [1.54, 1.807) is 26.3 Å². The Balaban J connectivity index is 1.57. The minimum Gasteiger partial charge on any atom is -0.504 e. The van der Waals surface area contributed by atoms with Gasteiger partial charge in [0.25, 0.3) is 0 Å². The van der Waals surface area contributed by atoms with E-state index in [2.05, 4.69) is 40.4 Å². The molecule has 146 valence electrons. The summed E-state index contributed by atoms with van der Waals surface area (Å²) in [5, 5.41) is 21.4. The number of aromatic hydroxyl groups is 1. The monoisotopic (exact) mass is 371 g/mol. The molecule has 1 aromatic carbocycles. The lowest BCUT2D eigenvalue weighted by Crippen LogP contribution is -2.45. The highest BCUT2D eigenvalue weighted by molar-refractivity contribution is 5.80. The van der Waals surface area contributed by atoms with Gasteiger partial charge in [0, 0.05) is 38.3 Å². The fraction of sp³-hybridized carbons (Fsp3) is 0.500. The Morgan fingerprint density at radius 1 is 1.44 bits per heavy atom. The molecule has 27 heavy (non-hydrogen) atoms. The molecule has 3 N–H and O–H groups in total. The average molecular weight is 371 g/mol. The van der Waals surface area contributed by atoms with Crippen molar-refractivity contribution in [3.05, 3.63) is 41.2 Å². The first-order chi connectivity index (χ1) is 13.0. The van der Waals surface area contributed by atoms with E-state index in [4.69, 9.17) is 9.84 Å². The maximum Gasteiger partial charge on any atom is 0.191 e. The Morgan fingerprint density at radius 3 is 2.93 bits per heavy atom.